The minimum atomic E-state index is -0.201. The molecule has 0 atom stereocenters. The Bertz CT molecular complexity index is 1230. The Kier molecular flexibility index (Phi) is 4.88. The number of carbonyl (C=O) groups is 1. The highest BCUT2D eigenvalue weighted by Gasteiger charge is 2.18. The van der Waals surface area contributed by atoms with Gasteiger partial charge in [0.1, 0.15) is 5.69 Å². The number of hydrogen-bond donors (Lipinski definition) is 1. The van der Waals surface area contributed by atoms with Crippen LogP contribution in [0.3, 0.4) is 0 Å². The highest BCUT2D eigenvalue weighted by Crippen LogP contribution is 2.32. The quantitative estimate of drug-likeness (QED) is 0.525. The first kappa shape index (κ1) is 18.9. The van der Waals surface area contributed by atoms with E-state index in [9.17, 15) is 4.79 Å². The summed E-state index contributed by atoms with van der Waals surface area (Å²) in [6.07, 6.45) is 0. The lowest BCUT2D eigenvalue weighted by Crippen LogP contribution is -2.25. The Morgan fingerprint density at radius 1 is 0.968 bits per heavy atom. The Hall–Kier alpha value is -4.06. The maximum absolute atomic E-state index is 13.1. The van der Waals surface area contributed by atoms with Gasteiger partial charge in [-0.25, -0.2) is 4.68 Å². The number of aryl methyl sites for hydroxylation is 1. The first-order valence-electron chi connectivity index (χ1n) is 10.1. The summed E-state index contributed by atoms with van der Waals surface area (Å²) < 4.78 is 12.5. The van der Waals surface area contributed by atoms with Crippen LogP contribution in [0.2, 0.25) is 0 Å². The number of carbonyl (C=O) groups excluding carboxylic acids is 1. The first-order valence-corrected chi connectivity index (χ1v) is 10.1. The number of amides is 1. The molecule has 0 unspecified atom stereocenters. The maximum Gasteiger partial charge on any atom is 0.270 e. The fraction of sp³-hybridized carbons (Fsp3) is 0.120. The van der Waals surface area contributed by atoms with Crippen LogP contribution in [0, 0.1) is 6.92 Å². The van der Waals surface area contributed by atoms with Crippen LogP contribution in [0.5, 0.6) is 11.5 Å². The van der Waals surface area contributed by atoms with Crippen LogP contribution in [0.25, 0.3) is 16.9 Å². The average molecular weight is 411 g/mol. The molecule has 1 aromatic heterocycles. The molecule has 154 valence electrons. The fourth-order valence-electron chi connectivity index (χ4n) is 3.50. The van der Waals surface area contributed by atoms with Crippen LogP contribution in [-0.4, -0.2) is 22.5 Å². The van der Waals surface area contributed by atoms with Crippen molar-refractivity contribution >= 4 is 5.91 Å². The molecule has 3 aromatic carbocycles. The first-order chi connectivity index (χ1) is 15.2. The van der Waals surface area contributed by atoms with Crippen LogP contribution in [0.4, 0.5) is 0 Å². The van der Waals surface area contributed by atoms with Gasteiger partial charge in [0.2, 0.25) is 6.79 Å². The fourth-order valence-corrected chi connectivity index (χ4v) is 3.50. The van der Waals surface area contributed by atoms with E-state index >= 15 is 0 Å². The monoisotopic (exact) mass is 411 g/mol. The van der Waals surface area contributed by atoms with Gasteiger partial charge in [-0.05, 0) is 42.8 Å². The molecule has 6 heteroatoms. The zero-order chi connectivity index (χ0) is 21.2. The highest BCUT2D eigenvalue weighted by atomic mass is 16.7. The molecule has 1 N–H and O–H groups in total. The standard InChI is InChI=1S/C25H21N3O3/c1-17-7-10-20(11-8-17)28-22(14-21(27-28)19-5-3-2-4-6-19)25(29)26-15-18-9-12-23-24(13-18)31-16-30-23/h2-14H,15-16H2,1H3,(H,26,29). The molecule has 6 nitrogen and oxygen atoms in total. The molecule has 0 bridgehead atoms. The van der Waals surface area contributed by atoms with Crippen molar-refractivity contribution in [3.8, 4) is 28.4 Å². The van der Waals surface area contributed by atoms with Gasteiger partial charge >= 0.3 is 0 Å². The summed E-state index contributed by atoms with van der Waals surface area (Å²) >= 11 is 0. The molecule has 31 heavy (non-hydrogen) atoms. The normalized spacial score (nSPS) is 12.0. The van der Waals surface area contributed by atoms with Crippen molar-refractivity contribution in [2.45, 2.75) is 13.5 Å². The Labute approximate surface area is 180 Å². The van der Waals surface area contributed by atoms with E-state index in [0.29, 0.717) is 18.0 Å². The SMILES string of the molecule is Cc1ccc(-n2nc(-c3ccccc3)cc2C(=O)NCc2ccc3c(c2)OCO3)cc1. The number of rotatable bonds is 5. The van der Waals surface area contributed by atoms with Crippen molar-refractivity contribution in [3.05, 3.63) is 95.7 Å². The van der Waals surface area contributed by atoms with E-state index in [2.05, 4.69) is 5.32 Å². The third-order valence-electron chi connectivity index (χ3n) is 5.18. The molecule has 2 heterocycles. The number of hydrogen-bond acceptors (Lipinski definition) is 4. The summed E-state index contributed by atoms with van der Waals surface area (Å²) in [4.78, 5) is 13.1. The number of ether oxygens (including phenoxy) is 2. The van der Waals surface area contributed by atoms with Crippen molar-refractivity contribution < 1.29 is 14.3 Å². The predicted molar refractivity (Wildman–Crippen MR) is 117 cm³/mol. The molecule has 4 aromatic rings. The van der Waals surface area contributed by atoms with Crippen LogP contribution in [-0.2, 0) is 6.54 Å². The van der Waals surface area contributed by atoms with Crippen molar-refractivity contribution in [2.75, 3.05) is 6.79 Å². The van der Waals surface area contributed by atoms with Gasteiger partial charge in [0.05, 0.1) is 11.4 Å². The minimum absolute atomic E-state index is 0.201. The van der Waals surface area contributed by atoms with Crippen LogP contribution in [0.15, 0.2) is 78.9 Å². The third-order valence-corrected chi connectivity index (χ3v) is 5.18. The number of nitrogens with zero attached hydrogens (tertiary/aromatic N) is 2. The van der Waals surface area contributed by atoms with Crippen molar-refractivity contribution in [2.24, 2.45) is 0 Å². The maximum atomic E-state index is 13.1. The average Bonchev–Trinajstić information content (AvgIpc) is 3.46. The lowest BCUT2D eigenvalue weighted by molar-refractivity contribution is 0.0943. The van der Waals surface area contributed by atoms with Crippen LogP contribution < -0.4 is 14.8 Å². The van der Waals surface area contributed by atoms with Gasteiger partial charge in [-0.15, -0.1) is 0 Å². The van der Waals surface area contributed by atoms with E-state index in [1.807, 2.05) is 85.8 Å². The minimum Gasteiger partial charge on any atom is -0.454 e. The lowest BCUT2D eigenvalue weighted by Gasteiger charge is -2.09. The van der Waals surface area contributed by atoms with E-state index in [1.165, 1.54) is 0 Å². The summed E-state index contributed by atoms with van der Waals surface area (Å²) in [6.45, 7) is 2.62. The molecule has 0 aliphatic carbocycles. The summed E-state index contributed by atoms with van der Waals surface area (Å²) in [5, 5.41) is 7.72. The molecule has 1 amide bonds. The smallest absolute Gasteiger partial charge is 0.270 e. The van der Waals surface area contributed by atoms with Crippen molar-refractivity contribution in [3.63, 3.8) is 0 Å². The summed E-state index contributed by atoms with van der Waals surface area (Å²) in [6, 6.07) is 25.3. The summed E-state index contributed by atoms with van der Waals surface area (Å²) in [5.74, 6) is 1.22. The van der Waals surface area contributed by atoms with E-state index < -0.39 is 0 Å². The third kappa shape index (κ3) is 3.88. The lowest BCUT2D eigenvalue weighted by atomic mass is 10.1. The Balaban J connectivity index is 1.44. The molecular formula is C25H21N3O3. The van der Waals surface area contributed by atoms with Gasteiger partial charge in [-0.1, -0.05) is 54.1 Å². The van der Waals surface area contributed by atoms with Gasteiger partial charge in [0.15, 0.2) is 11.5 Å². The van der Waals surface area contributed by atoms with E-state index in [1.54, 1.807) is 4.68 Å². The van der Waals surface area contributed by atoms with E-state index in [0.717, 1.165) is 33.8 Å². The molecule has 1 aliphatic heterocycles. The van der Waals surface area contributed by atoms with Gasteiger partial charge in [-0.2, -0.15) is 5.10 Å². The van der Waals surface area contributed by atoms with Gasteiger partial charge in [0.25, 0.3) is 5.91 Å². The van der Waals surface area contributed by atoms with Crippen LogP contribution in [0.1, 0.15) is 21.6 Å². The Morgan fingerprint density at radius 3 is 2.55 bits per heavy atom. The number of benzene rings is 3. The van der Waals surface area contributed by atoms with E-state index in [4.69, 9.17) is 14.6 Å². The number of nitrogens with one attached hydrogen (secondary N) is 1. The molecule has 0 saturated carbocycles. The zero-order valence-corrected chi connectivity index (χ0v) is 17.0. The van der Waals surface area contributed by atoms with Gasteiger partial charge in [-0.3, -0.25) is 4.79 Å². The van der Waals surface area contributed by atoms with Crippen molar-refractivity contribution in [1.29, 1.82) is 0 Å². The Morgan fingerprint density at radius 2 is 1.74 bits per heavy atom. The second kappa shape index (κ2) is 7.99. The van der Waals surface area contributed by atoms with Crippen molar-refractivity contribution in [1.82, 2.24) is 15.1 Å². The predicted octanol–water partition coefficient (Wildman–Crippen LogP) is 4.51. The molecule has 0 fully saturated rings. The summed E-state index contributed by atoms with van der Waals surface area (Å²) in [7, 11) is 0. The molecule has 0 radical (unpaired) electrons. The highest BCUT2D eigenvalue weighted by molar-refractivity contribution is 5.94. The van der Waals surface area contributed by atoms with Gasteiger partial charge < -0.3 is 14.8 Å². The van der Waals surface area contributed by atoms with E-state index in [-0.39, 0.29) is 12.7 Å². The largest absolute Gasteiger partial charge is 0.454 e. The topological polar surface area (TPSA) is 65.4 Å². The molecule has 5 rings (SSSR count). The second-order valence-electron chi connectivity index (χ2n) is 7.40. The molecule has 0 saturated heterocycles. The number of aromatic nitrogens is 2. The molecule has 1 aliphatic rings. The number of fused-ring (bicyclic) bond motifs is 1. The van der Waals surface area contributed by atoms with Crippen LogP contribution >= 0.6 is 0 Å². The molecular weight excluding hydrogens is 390 g/mol. The zero-order valence-electron chi connectivity index (χ0n) is 17.0. The second-order valence-corrected chi connectivity index (χ2v) is 7.40. The summed E-state index contributed by atoms with van der Waals surface area (Å²) in [5.41, 5.74) is 5.09. The van der Waals surface area contributed by atoms with Gasteiger partial charge in [0, 0.05) is 12.1 Å². The molecule has 0 spiro atoms.